The number of carbonyl (C=O) groups excluding carboxylic acids is 1. The zero-order chi connectivity index (χ0) is 14.9. The molecule has 2 heterocycles. The molecule has 3 fully saturated rings. The molecule has 4 atom stereocenters. The number of ether oxygens (including phenoxy) is 1. The molecule has 0 unspecified atom stereocenters. The van der Waals surface area contributed by atoms with Crippen LogP contribution < -0.4 is 0 Å². The van der Waals surface area contributed by atoms with E-state index >= 15 is 0 Å². The molecule has 1 aliphatic carbocycles. The molecule has 3 nitrogen and oxygen atoms in total. The smallest absolute Gasteiger partial charge is 0.323 e. The number of unbranched alkanes of at least 4 members (excludes halogenated alkanes) is 1. The van der Waals surface area contributed by atoms with Crippen LogP contribution in [0.25, 0.3) is 0 Å². The fourth-order valence-corrected chi connectivity index (χ4v) is 5.58. The van der Waals surface area contributed by atoms with Crippen molar-refractivity contribution in [1.82, 2.24) is 4.90 Å². The van der Waals surface area contributed by atoms with Crippen LogP contribution in [0, 0.1) is 5.92 Å². The Morgan fingerprint density at radius 3 is 2.81 bits per heavy atom. The normalized spacial score (nSPS) is 39.6. The summed E-state index contributed by atoms with van der Waals surface area (Å²) >= 11 is 0. The number of carbonyl (C=O) groups is 1. The molecule has 0 aromatic rings. The van der Waals surface area contributed by atoms with Crippen molar-refractivity contribution in [2.45, 2.75) is 95.2 Å². The highest BCUT2D eigenvalue weighted by atomic mass is 16.5. The molecule has 120 valence electrons. The largest absolute Gasteiger partial charge is 0.468 e. The standard InChI is InChI=1S/C18H31NO2/c1-3-4-8-15-10-9-14-7-5-6-12-18(14)13-11-16(19(15)18)17(20)21-2/h14-16H,3-13H2,1-2H3/t14-,15+,16-,18-/m0/s1. The maximum atomic E-state index is 12.3. The zero-order valence-electron chi connectivity index (χ0n) is 13.8. The molecule has 21 heavy (non-hydrogen) atoms. The number of hydrogen-bond acceptors (Lipinski definition) is 3. The predicted molar refractivity (Wildman–Crippen MR) is 84.1 cm³/mol. The van der Waals surface area contributed by atoms with Crippen molar-refractivity contribution in [2.75, 3.05) is 7.11 Å². The third kappa shape index (κ3) is 2.52. The van der Waals surface area contributed by atoms with E-state index < -0.39 is 0 Å². The second-order valence-corrected chi connectivity index (χ2v) is 7.40. The van der Waals surface area contributed by atoms with Crippen LogP contribution in [0.4, 0.5) is 0 Å². The van der Waals surface area contributed by atoms with E-state index in [9.17, 15) is 4.79 Å². The average molecular weight is 293 g/mol. The Morgan fingerprint density at radius 2 is 2.05 bits per heavy atom. The lowest BCUT2D eigenvalue weighted by atomic mass is 9.66. The van der Waals surface area contributed by atoms with Gasteiger partial charge >= 0.3 is 5.97 Å². The van der Waals surface area contributed by atoms with Crippen molar-refractivity contribution in [3.63, 3.8) is 0 Å². The molecule has 0 aromatic heterocycles. The molecule has 0 aromatic carbocycles. The van der Waals surface area contributed by atoms with Gasteiger partial charge in [0.15, 0.2) is 0 Å². The zero-order valence-corrected chi connectivity index (χ0v) is 13.8. The first-order chi connectivity index (χ1) is 10.2. The second kappa shape index (κ2) is 6.28. The van der Waals surface area contributed by atoms with E-state index in [1.807, 2.05) is 0 Å². The average Bonchev–Trinajstić information content (AvgIpc) is 2.91. The fourth-order valence-electron chi connectivity index (χ4n) is 5.58. The molecule has 2 aliphatic heterocycles. The predicted octanol–water partition coefficient (Wildman–Crippen LogP) is 3.91. The molecule has 0 N–H and O–H groups in total. The Hall–Kier alpha value is -0.570. The second-order valence-electron chi connectivity index (χ2n) is 7.40. The van der Waals surface area contributed by atoms with Crippen LogP contribution in [-0.4, -0.2) is 35.6 Å². The van der Waals surface area contributed by atoms with Crippen LogP contribution in [-0.2, 0) is 9.53 Å². The van der Waals surface area contributed by atoms with Crippen LogP contribution in [0.15, 0.2) is 0 Å². The van der Waals surface area contributed by atoms with E-state index in [-0.39, 0.29) is 12.0 Å². The van der Waals surface area contributed by atoms with Gasteiger partial charge in [0.25, 0.3) is 0 Å². The Labute approximate surface area is 129 Å². The summed E-state index contributed by atoms with van der Waals surface area (Å²) in [6, 6.07) is 0.656. The maximum absolute atomic E-state index is 12.3. The van der Waals surface area contributed by atoms with Gasteiger partial charge in [-0.25, -0.2) is 0 Å². The van der Waals surface area contributed by atoms with Gasteiger partial charge < -0.3 is 4.74 Å². The third-order valence-electron chi connectivity index (χ3n) is 6.48. The minimum atomic E-state index is 0.0135. The van der Waals surface area contributed by atoms with E-state index in [1.165, 1.54) is 64.2 Å². The first-order valence-corrected chi connectivity index (χ1v) is 9.09. The van der Waals surface area contributed by atoms with E-state index in [2.05, 4.69) is 11.8 Å². The van der Waals surface area contributed by atoms with Crippen molar-refractivity contribution in [1.29, 1.82) is 0 Å². The Kier molecular flexibility index (Phi) is 4.58. The SMILES string of the molecule is CCCC[C@@H]1CC[C@@H]2CCCC[C@]23CC[C@@H](C(=O)OC)N13. The summed E-state index contributed by atoms with van der Waals surface area (Å²) in [5, 5.41) is 0. The summed E-state index contributed by atoms with van der Waals surface area (Å²) in [5.74, 6) is 0.846. The molecule has 3 aliphatic rings. The maximum Gasteiger partial charge on any atom is 0.323 e. The van der Waals surface area contributed by atoms with Crippen LogP contribution in [0.1, 0.15) is 77.6 Å². The van der Waals surface area contributed by atoms with Crippen molar-refractivity contribution >= 4 is 5.97 Å². The minimum Gasteiger partial charge on any atom is -0.468 e. The topological polar surface area (TPSA) is 29.5 Å². The van der Waals surface area contributed by atoms with Crippen molar-refractivity contribution in [2.24, 2.45) is 5.92 Å². The van der Waals surface area contributed by atoms with Gasteiger partial charge in [-0.3, -0.25) is 9.69 Å². The number of nitrogens with zero attached hydrogens (tertiary/aromatic N) is 1. The van der Waals surface area contributed by atoms with Gasteiger partial charge in [0.05, 0.1) is 7.11 Å². The quantitative estimate of drug-likeness (QED) is 0.736. The highest BCUT2D eigenvalue weighted by Crippen LogP contribution is 2.54. The van der Waals surface area contributed by atoms with Crippen LogP contribution in [0.2, 0.25) is 0 Å². The molecule has 1 spiro atoms. The first kappa shape index (κ1) is 15.3. The number of esters is 1. The molecular formula is C18H31NO2. The number of hydrogen-bond donors (Lipinski definition) is 0. The lowest BCUT2D eigenvalue weighted by molar-refractivity contribution is -0.153. The fraction of sp³-hybridized carbons (Fsp3) is 0.944. The van der Waals surface area contributed by atoms with Gasteiger partial charge in [0, 0.05) is 11.6 Å². The Bertz CT molecular complexity index is 383. The summed E-state index contributed by atoms with van der Waals surface area (Å²) in [4.78, 5) is 15.0. The molecule has 3 rings (SSSR count). The van der Waals surface area contributed by atoms with E-state index in [4.69, 9.17) is 4.74 Å². The van der Waals surface area contributed by atoms with Crippen LogP contribution in [0.3, 0.4) is 0 Å². The molecule has 0 bridgehead atoms. The van der Waals surface area contributed by atoms with Crippen LogP contribution >= 0.6 is 0 Å². The minimum absolute atomic E-state index is 0.0135. The van der Waals surface area contributed by atoms with E-state index in [1.54, 1.807) is 7.11 Å². The monoisotopic (exact) mass is 293 g/mol. The highest BCUT2D eigenvalue weighted by molar-refractivity contribution is 5.76. The van der Waals surface area contributed by atoms with Crippen molar-refractivity contribution in [3.05, 3.63) is 0 Å². The summed E-state index contributed by atoms with van der Waals surface area (Å²) in [7, 11) is 1.55. The van der Waals surface area contributed by atoms with Crippen LogP contribution in [0.5, 0.6) is 0 Å². The van der Waals surface area contributed by atoms with Gasteiger partial charge in [-0.1, -0.05) is 32.6 Å². The lowest BCUT2D eigenvalue weighted by Gasteiger charge is -2.56. The Morgan fingerprint density at radius 1 is 1.19 bits per heavy atom. The molecule has 1 saturated carbocycles. The third-order valence-corrected chi connectivity index (χ3v) is 6.48. The molecule has 3 heteroatoms. The number of piperidine rings is 1. The summed E-state index contributed by atoms with van der Waals surface area (Å²) in [5.41, 5.74) is 0.341. The Balaban J connectivity index is 1.87. The summed E-state index contributed by atoms with van der Waals surface area (Å²) < 4.78 is 5.13. The number of methoxy groups -OCH3 is 1. The van der Waals surface area contributed by atoms with E-state index in [0.717, 1.165) is 12.3 Å². The van der Waals surface area contributed by atoms with Gasteiger partial charge in [0.1, 0.15) is 6.04 Å². The molecule has 2 saturated heterocycles. The lowest BCUT2D eigenvalue weighted by Crippen LogP contribution is -2.62. The molecule has 0 amide bonds. The van der Waals surface area contributed by atoms with Gasteiger partial charge in [0.2, 0.25) is 0 Å². The van der Waals surface area contributed by atoms with Gasteiger partial charge in [-0.2, -0.15) is 0 Å². The van der Waals surface area contributed by atoms with Crippen molar-refractivity contribution in [3.8, 4) is 0 Å². The molecular weight excluding hydrogens is 262 g/mol. The molecule has 0 radical (unpaired) electrons. The first-order valence-electron chi connectivity index (χ1n) is 9.09. The number of rotatable bonds is 4. The highest BCUT2D eigenvalue weighted by Gasteiger charge is 2.57. The van der Waals surface area contributed by atoms with Gasteiger partial charge in [-0.15, -0.1) is 0 Å². The summed E-state index contributed by atoms with van der Waals surface area (Å²) in [6.07, 6.45) is 14.2. The summed E-state index contributed by atoms with van der Waals surface area (Å²) in [6.45, 7) is 2.27. The van der Waals surface area contributed by atoms with Gasteiger partial charge in [-0.05, 0) is 50.9 Å². The van der Waals surface area contributed by atoms with Crippen molar-refractivity contribution < 1.29 is 9.53 Å². The van der Waals surface area contributed by atoms with E-state index in [0.29, 0.717) is 11.6 Å².